The fourth-order valence-corrected chi connectivity index (χ4v) is 2.72. The lowest BCUT2D eigenvalue weighted by atomic mass is 10.0. The first-order chi connectivity index (χ1) is 12.4. The summed E-state index contributed by atoms with van der Waals surface area (Å²) in [6.45, 7) is 0.666. The van der Waals surface area contributed by atoms with E-state index in [1.165, 1.54) is 5.39 Å². The summed E-state index contributed by atoms with van der Waals surface area (Å²) < 4.78 is 0. The molecular weight excluding hydrogens is 312 g/mol. The van der Waals surface area contributed by atoms with Crippen molar-refractivity contribution in [3.63, 3.8) is 0 Å². The molecule has 0 atom stereocenters. The summed E-state index contributed by atoms with van der Waals surface area (Å²) >= 11 is 0. The molecule has 0 saturated heterocycles. The highest BCUT2D eigenvalue weighted by molar-refractivity contribution is 5.95. The van der Waals surface area contributed by atoms with Crippen LogP contribution >= 0.6 is 0 Å². The lowest BCUT2D eigenvalue weighted by molar-refractivity contribution is 0.901. The van der Waals surface area contributed by atoms with E-state index >= 15 is 0 Å². The van der Waals surface area contributed by atoms with Crippen LogP contribution in [0.2, 0.25) is 0 Å². The number of nitrogens with one attached hydrogen (secondary N) is 1. The number of fused-ring (bicyclic) bond motifs is 1. The van der Waals surface area contributed by atoms with E-state index in [2.05, 4.69) is 54.7 Å². The summed E-state index contributed by atoms with van der Waals surface area (Å²) in [7, 11) is 0. The third kappa shape index (κ3) is 3.42. The summed E-state index contributed by atoms with van der Waals surface area (Å²) in [4.78, 5) is 12.9. The maximum Gasteiger partial charge on any atom is 0.243 e. The Kier molecular flexibility index (Phi) is 4.24. The maximum absolute atomic E-state index is 4.60. The number of hydrogen-bond acceptors (Lipinski definition) is 6. The number of aromatic nitrogens is 5. The fourth-order valence-electron chi connectivity index (χ4n) is 2.72. The minimum Gasteiger partial charge on any atom is -0.353 e. The van der Waals surface area contributed by atoms with E-state index in [1.54, 1.807) is 24.8 Å². The van der Waals surface area contributed by atoms with Gasteiger partial charge in [0.25, 0.3) is 0 Å². The van der Waals surface area contributed by atoms with Crippen LogP contribution in [0.25, 0.3) is 22.0 Å². The highest BCUT2D eigenvalue weighted by Crippen LogP contribution is 2.26. The molecule has 0 amide bonds. The van der Waals surface area contributed by atoms with Crippen molar-refractivity contribution in [3.8, 4) is 11.3 Å². The van der Waals surface area contributed by atoms with Crippen LogP contribution in [-0.2, 0) is 6.42 Å². The smallest absolute Gasteiger partial charge is 0.243 e. The molecule has 0 aliphatic rings. The second kappa shape index (κ2) is 7.00. The van der Waals surface area contributed by atoms with Crippen molar-refractivity contribution in [2.75, 3.05) is 11.9 Å². The highest BCUT2D eigenvalue weighted by atomic mass is 15.2. The van der Waals surface area contributed by atoms with Gasteiger partial charge in [-0.05, 0) is 10.8 Å². The Morgan fingerprint density at radius 3 is 2.76 bits per heavy atom. The van der Waals surface area contributed by atoms with Crippen LogP contribution in [0.3, 0.4) is 0 Å². The highest BCUT2D eigenvalue weighted by Gasteiger charge is 2.07. The molecule has 0 aliphatic carbocycles. The Bertz CT molecular complexity index is 982. The molecular formula is C19H16N6. The molecule has 6 nitrogen and oxygen atoms in total. The van der Waals surface area contributed by atoms with Gasteiger partial charge < -0.3 is 5.32 Å². The first-order valence-electron chi connectivity index (χ1n) is 8.07. The van der Waals surface area contributed by atoms with Gasteiger partial charge in [-0.15, -0.1) is 5.10 Å². The minimum atomic E-state index is 0.509. The van der Waals surface area contributed by atoms with Crippen molar-refractivity contribution in [1.82, 2.24) is 25.1 Å². The molecule has 6 heteroatoms. The van der Waals surface area contributed by atoms with Gasteiger partial charge in [-0.3, -0.25) is 9.97 Å². The average Bonchev–Trinajstić information content (AvgIpc) is 2.69. The first kappa shape index (κ1) is 15.1. The number of rotatable bonds is 5. The zero-order valence-electron chi connectivity index (χ0n) is 13.5. The van der Waals surface area contributed by atoms with E-state index in [4.69, 9.17) is 0 Å². The molecule has 25 heavy (non-hydrogen) atoms. The molecule has 4 aromatic rings. The molecule has 4 rings (SSSR count). The Balaban J connectivity index is 1.55. The van der Waals surface area contributed by atoms with Gasteiger partial charge in [-0.1, -0.05) is 42.5 Å². The third-order valence-electron chi connectivity index (χ3n) is 3.91. The van der Waals surface area contributed by atoms with Gasteiger partial charge in [0.2, 0.25) is 5.95 Å². The van der Waals surface area contributed by atoms with Crippen molar-refractivity contribution in [1.29, 1.82) is 0 Å². The summed E-state index contributed by atoms with van der Waals surface area (Å²) in [5.41, 5.74) is 2.77. The number of anilines is 1. The summed E-state index contributed by atoms with van der Waals surface area (Å²) in [5, 5.41) is 13.7. The lowest BCUT2D eigenvalue weighted by Gasteiger charge is -2.08. The SMILES string of the molecule is c1ccc2c(-c3cnnc(NCCc4cnccn4)n3)cccc2c1. The van der Waals surface area contributed by atoms with Gasteiger partial charge in [0.05, 0.1) is 17.6 Å². The first-order valence-corrected chi connectivity index (χ1v) is 8.07. The van der Waals surface area contributed by atoms with E-state index in [0.29, 0.717) is 12.5 Å². The van der Waals surface area contributed by atoms with Crippen LogP contribution in [0.5, 0.6) is 0 Å². The molecule has 0 unspecified atom stereocenters. The van der Waals surface area contributed by atoms with Crippen LogP contribution < -0.4 is 5.32 Å². The van der Waals surface area contributed by atoms with E-state index < -0.39 is 0 Å². The summed E-state index contributed by atoms with van der Waals surface area (Å²) in [5.74, 6) is 0.509. The van der Waals surface area contributed by atoms with Crippen LogP contribution in [0, 0.1) is 0 Å². The summed E-state index contributed by atoms with van der Waals surface area (Å²) in [6.07, 6.45) is 7.55. The van der Waals surface area contributed by atoms with E-state index in [9.17, 15) is 0 Å². The monoisotopic (exact) mass is 328 g/mol. The van der Waals surface area contributed by atoms with Crippen molar-refractivity contribution >= 4 is 16.7 Å². The Hall–Kier alpha value is -3.41. The quantitative estimate of drug-likeness (QED) is 0.606. The molecule has 0 bridgehead atoms. The van der Waals surface area contributed by atoms with Crippen molar-refractivity contribution < 1.29 is 0 Å². The van der Waals surface area contributed by atoms with Crippen LogP contribution in [-0.4, -0.2) is 31.7 Å². The zero-order valence-corrected chi connectivity index (χ0v) is 13.5. The van der Waals surface area contributed by atoms with Gasteiger partial charge in [0.15, 0.2) is 0 Å². The van der Waals surface area contributed by atoms with Crippen molar-refractivity contribution in [2.45, 2.75) is 6.42 Å². The van der Waals surface area contributed by atoms with E-state index in [1.807, 2.05) is 18.2 Å². The molecule has 2 aromatic heterocycles. The maximum atomic E-state index is 4.60. The Labute approximate surface area is 145 Å². The fraction of sp³-hybridized carbons (Fsp3) is 0.105. The molecule has 2 aromatic carbocycles. The Morgan fingerprint density at radius 1 is 0.920 bits per heavy atom. The summed E-state index contributed by atoms with van der Waals surface area (Å²) in [6, 6.07) is 14.4. The van der Waals surface area contributed by atoms with Gasteiger partial charge in [-0.2, -0.15) is 5.10 Å². The molecule has 122 valence electrons. The molecule has 0 fully saturated rings. The average molecular weight is 328 g/mol. The molecule has 0 aliphatic heterocycles. The normalized spacial score (nSPS) is 10.7. The molecule has 0 spiro atoms. The predicted octanol–water partition coefficient (Wildman–Crippen LogP) is 3.14. The van der Waals surface area contributed by atoms with E-state index in [-0.39, 0.29) is 0 Å². The largest absolute Gasteiger partial charge is 0.353 e. The zero-order chi connectivity index (χ0) is 16.9. The topological polar surface area (TPSA) is 76.5 Å². The van der Waals surface area contributed by atoms with Gasteiger partial charge in [0, 0.05) is 37.1 Å². The number of benzene rings is 2. The Morgan fingerprint density at radius 2 is 1.84 bits per heavy atom. The van der Waals surface area contributed by atoms with Gasteiger partial charge in [-0.25, -0.2) is 4.98 Å². The molecule has 1 N–H and O–H groups in total. The second-order valence-corrected chi connectivity index (χ2v) is 5.57. The van der Waals surface area contributed by atoms with Gasteiger partial charge in [0.1, 0.15) is 0 Å². The lowest BCUT2D eigenvalue weighted by Crippen LogP contribution is -2.10. The molecule has 0 radical (unpaired) electrons. The predicted molar refractivity (Wildman–Crippen MR) is 97.0 cm³/mol. The van der Waals surface area contributed by atoms with Gasteiger partial charge >= 0.3 is 0 Å². The second-order valence-electron chi connectivity index (χ2n) is 5.57. The standard InChI is InChI=1S/C19H16N6/c1-2-6-16-14(4-1)5-3-7-17(16)18-13-23-25-19(24-18)22-9-8-15-12-20-10-11-21-15/h1-7,10-13H,8-9H2,(H,22,24,25). The minimum absolute atomic E-state index is 0.509. The number of hydrogen-bond donors (Lipinski definition) is 1. The number of nitrogens with zero attached hydrogens (tertiary/aromatic N) is 5. The molecule has 0 saturated carbocycles. The van der Waals surface area contributed by atoms with Crippen LogP contribution in [0.15, 0.2) is 67.3 Å². The van der Waals surface area contributed by atoms with Crippen LogP contribution in [0.1, 0.15) is 5.69 Å². The van der Waals surface area contributed by atoms with E-state index in [0.717, 1.165) is 28.8 Å². The third-order valence-corrected chi connectivity index (χ3v) is 3.91. The van der Waals surface area contributed by atoms with Crippen LogP contribution in [0.4, 0.5) is 5.95 Å². The van der Waals surface area contributed by atoms with Crippen molar-refractivity contribution in [3.05, 3.63) is 72.9 Å². The molecule has 2 heterocycles. The van der Waals surface area contributed by atoms with Crippen molar-refractivity contribution in [2.24, 2.45) is 0 Å².